The van der Waals surface area contributed by atoms with Gasteiger partial charge in [-0.15, -0.1) is 0 Å². The standard InChI is InChI=1S/C18H26N2O4S/c1-12(2)19-16(21)15-11-14(8-7-13(15)3)20-17(22)18(25(4,23)24)9-5-6-10-18/h7-8,11-12H,5-6,9-10H2,1-4H3,(H,19,21)(H,20,22). The number of carbonyl (C=O) groups excluding carboxylic acids is 2. The molecule has 2 N–H and O–H groups in total. The van der Waals surface area contributed by atoms with Crippen LogP contribution in [-0.2, 0) is 14.6 Å². The Hall–Kier alpha value is -1.89. The number of benzene rings is 1. The first-order valence-corrected chi connectivity index (χ1v) is 10.4. The van der Waals surface area contributed by atoms with Crippen molar-refractivity contribution in [3.63, 3.8) is 0 Å². The first kappa shape index (κ1) is 19.4. The predicted octanol–water partition coefficient (Wildman–Crippen LogP) is 2.43. The Bertz CT molecular complexity index is 778. The Morgan fingerprint density at radius 3 is 2.28 bits per heavy atom. The van der Waals surface area contributed by atoms with Crippen molar-refractivity contribution in [2.75, 3.05) is 11.6 Å². The van der Waals surface area contributed by atoms with Gasteiger partial charge in [-0.25, -0.2) is 8.42 Å². The quantitative estimate of drug-likeness (QED) is 0.837. The second-order valence-electron chi connectivity index (χ2n) is 7.09. The van der Waals surface area contributed by atoms with E-state index in [4.69, 9.17) is 0 Å². The van der Waals surface area contributed by atoms with Crippen molar-refractivity contribution >= 4 is 27.3 Å². The fourth-order valence-corrected chi connectivity index (χ4v) is 4.66. The second kappa shape index (κ2) is 7.15. The molecule has 1 aromatic rings. The highest BCUT2D eigenvalue weighted by molar-refractivity contribution is 7.92. The molecule has 1 aliphatic carbocycles. The van der Waals surface area contributed by atoms with Gasteiger partial charge in [-0.2, -0.15) is 0 Å². The molecule has 0 atom stereocenters. The molecular weight excluding hydrogens is 340 g/mol. The highest BCUT2D eigenvalue weighted by Crippen LogP contribution is 2.37. The lowest BCUT2D eigenvalue weighted by Crippen LogP contribution is -2.47. The fourth-order valence-electron chi connectivity index (χ4n) is 3.24. The van der Waals surface area contributed by atoms with Gasteiger partial charge in [0.25, 0.3) is 5.91 Å². The van der Waals surface area contributed by atoms with Crippen LogP contribution >= 0.6 is 0 Å². The zero-order valence-corrected chi connectivity index (χ0v) is 16.0. The smallest absolute Gasteiger partial charge is 0.251 e. The number of nitrogens with one attached hydrogen (secondary N) is 2. The van der Waals surface area contributed by atoms with Crippen LogP contribution in [0.3, 0.4) is 0 Å². The highest BCUT2D eigenvalue weighted by atomic mass is 32.2. The van der Waals surface area contributed by atoms with Gasteiger partial charge in [0, 0.05) is 23.5 Å². The molecule has 1 aliphatic rings. The summed E-state index contributed by atoms with van der Waals surface area (Å²) < 4.78 is 23.1. The molecule has 1 saturated carbocycles. The summed E-state index contributed by atoms with van der Waals surface area (Å²) in [5.41, 5.74) is 1.68. The number of rotatable bonds is 5. The van der Waals surface area contributed by atoms with Crippen LogP contribution in [0.4, 0.5) is 5.69 Å². The van der Waals surface area contributed by atoms with Gasteiger partial charge in [-0.3, -0.25) is 9.59 Å². The molecule has 2 rings (SSSR count). The number of hydrogen-bond acceptors (Lipinski definition) is 4. The maximum Gasteiger partial charge on any atom is 0.251 e. The van der Waals surface area contributed by atoms with E-state index in [2.05, 4.69) is 10.6 Å². The van der Waals surface area contributed by atoms with Gasteiger partial charge in [-0.05, 0) is 51.3 Å². The van der Waals surface area contributed by atoms with E-state index in [0.717, 1.165) is 24.7 Å². The van der Waals surface area contributed by atoms with Crippen LogP contribution in [0.5, 0.6) is 0 Å². The maximum atomic E-state index is 12.7. The summed E-state index contributed by atoms with van der Waals surface area (Å²) in [5, 5.41) is 5.53. The average molecular weight is 366 g/mol. The van der Waals surface area contributed by atoms with Crippen LogP contribution in [0.15, 0.2) is 18.2 Å². The molecular formula is C18H26N2O4S. The van der Waals surface area contributed by atoms with Gasteiger partial charge in [0.05, 0.1) is 0 Å². The van der Waals surface area contributed by atoms with Crippen molar-refractivity contribution in [3.05, 3.63) is 29.3 Å². The molecule has 0 radical (unpaired) electrons. The maximum absolute atomic E-state index is 12.7. The minimum absolute atomic E-state index is 0.00265. The Balaban J connectivity index is 2.28. The third-order valence-electron chi connectivity index (χ3n) is 4.69. The summed E-state index contributed by atoms with van der Waals surface area (Å²) in [6, 6.07) is 5.02. The number of aryl methyl sites for hydroxylation is 1. The number of anilines is 1. The molecule has 0 bridgehead atoms. The Morgan fingerprint density at radius 2 is 1.76 bits per heavy atom. The third kappa shape index (κ3) is 4.03. The Morgan fingerprint density at radius 1 is 1.16 bits per heavy atom. The first-order chi connectivity index (χ1) is 11.6. The van der Waals surface area contributed by atoms with Crippen LogP contribution in [0.2, 0.25) is 0 Å². The second-order valence-corrected chi connectivity index (χ2v) is 9.41. The highest BCUT2D eigenvalue weighted by Gasteiger charge is 2.49. The van der Waals surface area contributed by atoms with Crippen molar-refractivity contribution in [2.24, 2.45) is 0 Å². The molecule has 1 fully saturated rings. The number of amides is 2. The van der Waals surface area contributed by atoms with Gasteiger partial charge >= 0.3 is 0 Å². The number of sulfone groups is 1. The van der Waals surface area contributed by atoms with Gasteiger partial charge in [-0.1, -0.05) is 18.9 Å². The average Bonchev–Trinajstić information content (AvgIpc) is 2.99. The molecule has 0 aliphatic heterocycles. The van der Waals surface area contributed by atoms with Crippen LogP contribution in [-0.4, -0.2) is 37.3 Å². The van der Waals surface area contributed by atoms with Gasteiger partial charge in [0.1, 0.15) is 0 Å². The lowest BCUT2D eigenvalue weighted by atomic mass is 10.0. The Kier molecular flexibility index (Phi) is 5.56. The van der Waals surface area contributed by atoms with E-state index in [1.807, 2.05) is 20.8 Å². The van der Waals surface area contributed by atoms with Gasteiger partial charge in [0.2, 0.25) is 5.91 Å². The summed E-state index contributed by atoms with van der Waals surface area (Å²) >= 11 is 0. The topological polar surface area (TPSA) is 92.3 Å². The molecule has 138 valence electrons. The van der Waals surface area contributed by atoms with Crippen LogP contribution in [0.1, 0.15) is 55.5 Å². The fraction of sp³-hybridized carbons (Fsp3) is 0.556. The molecule has 0 aromatic heterocycles. The summed E-state index contributed by atoms with van der Waals surface area (Å²) in [4.78, 5) is 25.0. The molecule has 0 unspecified atom stereocenters. The summed E-state index contributed by atoms with van der Waals surface area (Å²) in [6.45, 7) is 5.56. The monoisotopic (exact) mass is 366 g/mol. The first-order valence-electron chi connectivity index (χ1n) is 8.49. The van der Waals surface area contributed by atoms with E-state index < -0.39 is 20.5 Å². The summed E-state index contributed by atoms with van der Waals surface area (Å²) in [6.07, 6.45) is 3.23. The van der Waals surface area contributed by atoms with Gasteiger partial charge in [0.15, 0.2) is 14.6 Å². The van der Waals surface area contributed by atoms with Gasteiger partial charge < -0.3 is 10.6 Å². The van der Waals surface area contributed by atoms with Crippen LogP contribution in [0.25, 0.3) is 0 Å². The lowest BCUT2D eigenvalue weighted by Gasteiger charge is -2.25. The van der Waals surface area contributed by atoms with E-state index in [0.29, 0.717) is 24.1 Å². The van der Waals surface area contributed by atoms with E-state index in [1.54, 1.807) is 18.2 Å². The SMILES string of the molecule is Cc1ccc(NC(=O)C2(S(C)(=O)=O)CCCC2)cc1C(=O)NC(C)C. The Labute approximate surface area is 149 Å². The van der Waals surface area contributed by atoms with Crippen molar-refractivity contribution < 1.29 is 18.0 Å². The molecule has 0 spiro atoms. The van der Waals surface area contributed by atoms with Crippen molar-refractivity contribution in [2.45, 2.75) is 57.2 Å². The molecule has 0 saturated heterocycles. The van der Waals surface area contributed by atoms with Crippen LogP contribution in [0, 0.1) is 6.92 Å². The molecule has 7 heteroatoms. The van der Waals surface area contributed by atoms with Crippen LogP contribution < -0.4 is 10.6 Å². The predicted molar refractivity (Wildman–Crippen MR) is 98.5 cm³/mol. The van der Waals surface area contributed by atoms with E-state index in [1.165, 1.54) is 0 Å². The lowest BCUT2D eigenvalue weighted by molar-refractivity contribution is -0.118. The van der Waals surface area contributed by atoms with Crippen molar-refractivity contribution in [1.82, 2.24) is 5.32 Å². The molecule has 0 heterocycles. The van der Waals surface area contributed by atoms with E-state index in [9.17, 15) is 18.0 Å². The number of carbonyl (C=O) groups is 2. The molecule has 6 nitrogen and oxygen atoms in total. The molecule has 25 heavy (non-hydrogen) atoms. The van der Waals surface area contributed by atoms with E-state index in [-0.39, 0.29) is 11.9 Å². The zero-order valence-electron chi connectivity index (χ0n) is 15.2. The largest absolute Gasteiger partial charge is 0.350 e. The van der Waals surface area contributed by atoms with Crippen molar-refractivity contribution in [1.29, 1.82) is 0 Å². The number of hydrogen-bond donors (Lipinski definition) is 2. The minimum Gasteiger partial charge on any atom is -0.350 e. The molecule has 1 aromatic carbocycles. The van der Waals surface area contributed by atoms with E-state index >= 15 is 0 Å². The summed E-state index contributed by atoms with van der Waals surface area (Å²) in [7, 11) is -3.53. The molecule has 2 amide bonds. The summed E-state index contributed by atoms with van der Waals surface area (Å²) in [5.74, 6) is -0.728. The normalized spacial score (nSPS) is 16.7. The van der Waals surface area contributed by atoms with Crippen molar-refractivity contribution in [3.8, 4) is 0 Å². The minimum atomic E-state index is -3.53. The zero-order chi connectivity index (χ0) is 18.8. The third-order valence-corrected chi connectivity index (χ3v) is 6.71.